The average molecular weight is 356 g/mol. The van der Waals surface area contributed by atoms with Gasteiger partial charge >= 0.3 is 0 Å². The van der Waals surface area contributed by atoms with Crippen molar-refractivity contribution in [2.24, 2.45) is 0 Å². The van der Waals surface area contributed by atoms with E-state index in [4.69, 9.17) is 4.74 Å². The van der Waals surface area contributed by atoms with Crippen LogP contribution in [0.3, 0.4) is 0 Å². The van der Waals surface area contributed by atoms with E-state index in [1.807, 2.05) is 44.2 Å². The summed E-state index contributed by atoms with van der Waals surface area (Å²) in [6.07, 6.45) is 0. The monoisotopic (exact) mass is 356 g/mol. The van der Waals surface area contributed by atoms with Gasteiger partial charge in [-0.3, -0.25) is 9.59 Å². The van der Waals surface area contributed by atoms with E-state index in [0.29, 0.717) is 24.4 Å². The number of ether oxygens (including phenoxy) is 1. The molecule has 2 aromatic carbocycles. The van der Waals surface area contributed by atoms with Crippen LogP contribution in [0.2, 0.25) is 0 Å². The fourth-order valence-corrected chi connectivity index (χ4v) is 3.35. The summed E-state index contributed by atoms with van der Waals surface area (Å²) < 4.78 is 5.59. The quantitative estimate of drug-likeness (QED) is 0.807. The highest BCUT2D eigenvalue weighted by atomic mass is 32.2. The molecule has 1 atom stereocenters. The lowest BCUT2D eigenvalue weighted by Gasteiger charge is -2.21. The number of carbonyl (C=O) groups is 2. The van der Waals surface area contributed by atoms with Crippen molar-refractivity contribution in [3.05, 3.63) is 53.6 Å². The molecular weight excluding hydrogens is 336 g/mol. The van der Waals surface area contributed by atoms with Crippen molar-refractivity contribution in [3.63, 3.8) is 0 Å². The Morgan fingerprint density at radius 2 is 2.00 bits per heavy atom. The van der Waals surface area contributed by atoms with E-state index in [1.165, 1.54) is 17.3 Å². The number of fused-ring (bicyclic) bond motifs is 1. The number of amides is 2. The molecular formula is C19H20N2O3S. The molecule has 3 rings (SSSR count). The summed E-state index contributed by atoms with van der Waals surface area (Å²) in [7, 11) is 0. The van der Waals surface area contributed by atoms with Crippen molar-refractivity contribution < 1.29 is 14.3 Å². The predicted octanol–water partition coefficient (Wildman–Crippen LogP) is 3.24. The van der Waals surface area contributed by atoms with E-state index in [9.17, 15) is 9.59 Å². The van der Waals surface area contributed by atoms with Crippen LogP contribution in [0.5, 0.6) is 5.75 Å². The van der Waals surface area contributed by atoms with Gasteiger partial charge in [0.2, 0.25) is 5.91 Å². The smallest absolute Gasteiger partial charge is 0.251 e. The van der Waals surface area contributed by atoms with Crippen LogP contribution in [0.25, 0.3) is 0 Å². The fourth-order valence-electron chi connectivity index (χ4n) is 2.42. The third-order valence-electron chi connectivity index (χ3n) is 3.85. The minimum absolute atomic E-state index is 0.0402. The van der Waals surface area contributed by atoms with Crippen molar-refractivity contribution in [2.75, 3.05) is 18.5 Å². The molecule has 2 N–H and O–H groups in total. The number of rotatable bonds is 5. The molecule has 1 aliphatic heterocycles. The first kappa shape index (κ1) is 17.4. The largest absolute Gasteiger partial charge is 0.492 e. The molecule has 0 aliphatic carbocycles. The van der Waals surface area contributed by atoms with Gasteiger partial charge < -0.3 is 15.4 Å². The van der Waals surface area contributed by atoms with Crippen molar-refractivity contribution in [1.29, 1.82) is 0 Å². The van der Waals surface area contributed by atoms with Gasteiger partial charge in [-0.05, 0) is 44.2 Å². The van der Waals surface area contributed by atoms with E-state index in [2.05, 4.69) is 10.6 Å². The van der Waals surface area contributed by atoms with Crippen LogP contribution >= 0.6 is 11.8 Å². The maximum Gasteiger partial charge on any atom is 0.251 e. The summed E-state index contributed by atoms with van der Waals surface area (Å²) in [6.45, 7) is 4.67. The molecule has 0 saturated carbocycles. The van der Waals surface area contributed by atoms with Crippen LogP contribution in [0.15, 0.2) is 47.4 Å². The normalized spacial score (nSPS) is 15.9. The maximum atomic E-state index is 12.2. The Labute approximate surface area is 151 Å². The highest BCUT2D eigenvalue weighted by Crippen LogP contribution is 2.35. The van der Waals surface area contributed by atoms with Gasteiger partial charge in [0.05, 0.1) is 17.5 Å². The molecule has 6 heteroatoms. The summed E-state index contributed by atoms with van der Waals surface area (Å²) in [5, 5.41) is 5.54. The Kier molecular flexibility index (Phi) is 5.28. The summed E-state index contributed by atoms with van der Waals surface area (Å²) in [5.41, 5.74) is 2.38. The Hall–Kier alpha value is -2.47. The topological polar surface area (TPSA) is 67.4 Å². The van der Waals surface area contributed by atoms with E-state index in [-0.39, 0.29) is 17.1 Å². The number of benzene rings is 2. The van der Waals surface area contributed by atoms with Gasteiger partial charge in [-0.15, -0.1) is 11.8 Å². The SMILES string of the molecule is Cc1ccc(OCCNC(=O)c2ccc3c(c2)NC(=O)C(C)S3)cc1. The van der Waals surface area contributed by atoms with Gasteiger partial charge in [0.25, 0.3) is 5.91 Å². The Morgan fingerprint density at radius 3 is 2.76 bits per heavy atom. The standard InChI is InChI=1S/C19H20N2O3S/c1-12-3-6-15(7-4-12)24-10-9-20-19(23)14-5-8-17-16(11-14)21-18(22)13(2)25-17/h3-8,11,13H,9-10H2,1-2H3,(H,20,23)(H,21,22). The number of hydrogen-bond donors (Lipinski definition) is 2. The lowest BCUT2D eigenvalue weighted by atomic mass is 10.1. The second kappa shape index (κ2) is 7.61. The third kappa shape index (κ3) is 4.33. The molecule has 25 heavy (non-hydrogen) atoms. The molecule has 0 bridgehead atoms. The molecule has 1 heterocycles. The molecule has 1 unspecified atom stereocenters. The van der Waals surface area contributed by atoms with Crippen LogP contribution in [-0.2, 0) is 4.79 Å². The number of nitrogens with one attached hydrogen (secondary N) is 2. The molecule has 0 saturated heterocycles. The Bertz CT molecular complexity index is 790. The first-order valence-electron chi connectivity index (χ1n) is 8.12. The van der Waals surface area contributed by atoms with Crippen molar-refractivity contribution >= 4 is 29.3 Å². The molecule has 5 nitrogen and oxygen atoms in total. The third-order valence-corrected chi connectivity index (χ3v) is 5.03. The lowest BCUT2D eigenvalue weighted by Crippen LogP contribution is -2.29. The molecule has 130 valence electrons. The molecule has 2 aromatic rings. The van der Waals surface area contributed by atoms with Crippen molar-refractivity contribution in [1.82, 2.24) is 5.32 Å². The van der Waals surface area contributed by atoms with Gasteiger partial charge in [-0.1, -0.05) is 17.7 Å². The Morgan fingerprint density at radius 1 is 1.24 bits per heavy atom. The van der Waals surface area contributed by atoms with Gasteiger partial charge in [0, 0.05) is 10.5 Å². The highest BCUT2D eigenvalue weighted by molar-refractivity contribution is 8.00. The number of thioether (sulfide) groups is 1. The van der Waals surface area contributed by atoms with Gasteiger partial charge in [0.1, 0.15) is 12.4 Å². The van der Waals surface area contributed by atoms with Crippen molar-refractivity contribution in [3.8, 4) is 5.75 Å². The second-order valence-corrected chi connectivity index (χ2v) is 7.26. The van der Waals surface area contributed by atoms with Crippen LogP contribution in [-0.4, -0.2) is 30.2 Å². The van der Waals surface area contributed by atoms with Gasteiger partial charge in [-0.25, -0.2) is 0 Å². The fraction of sp³-hybridized carbons (Fsp3) is 0.263. The number of hydrogen-bond acceptors (Lipinski definition) is 4. The maximum absolute atomic E-state index is 12.2. The molecule has 2 amide bonds. The molecule has 1 aliphatic rings. The van der Waals surface area contributed by atoms with Crippen LogP contribution in [0.4, 0.5) is 5.69 Å². The molecule has 0 aromatic heterocycles. The number of carbonyl (C=O) groups excluding carboxylic acids is 2. The van der Waals surface area contributed by atoms with Crippen LogP contribution < -0.4 is 15.4 Å². The first-order valence-corrected chi connectivity index (χ1v) is 9.00. The van der Waals surface area contributed by atoms with Gasteiger partial charge in [-0.2, -0.15) is 0 Å². The minimum Gasteiger partial charge on any atom is -0.492 e. The minimum atomic E-state index is -0.187. The zero-order valence-electron chi connectivity index (χ0n) is 14.2. The average Bonchev–Trinajstić information content (AvgIpc) is 2.60. The zero-order valence-corrected chi connectivity index (χ0v) is 15.0. The van der Waals surface area contributed by atoms with Crippen LogP contribution in [0.1, 0.15) is 22.8 Å². The Balaban J connectivity index is 1.52. The highest BCUT2D eigenvalue weighted by Gasteiger charge is 2.23. The predicted molar refractivity (Wildman–Crippen MR) is 99.4 cm³/mol. The molecule has 0 radical (unpaired) electrons. The zero-order chi connectivity index (χ0) is 17.8. The van der Waals surface area contributed by atoms with E-state index >= 15 is 0 Å². The summed E-state index contributed by atoms with van der Waals surface area (Å²) >= 11 is 1.50. The summed E-state index contributed by atoms with van der Waals surface area (Å²) in [5.74, 6) is 0.553. The number of anilines is 1. The summed E-state index contributed by atoms with van der Waals surface area (Å²) in [4.78, 5) is 25.0. The summed E-state index contributed by atoms with van der Waals surface area (Å²) in [6, 6.07) is 13.1. The van der Waals surface area contributed by atoms with E-state index < -0.39 is 0 Å². The van der Waals surface area contributed by atoms with E-state index in [1.54, 1.807) is 12.1 Å². The lowest BCUT2D eigenvalue weighted by molar-refractivity contribution is -0.115. The first-order chi connectivity index (χ1) is 12.0. The van der Waals surface area contributed by atoms with Gasteiger partial charge in [0.15, 0.2) is 0 Å². The van der Waals surface area contributed by atoms with Crippen LogP contribution in [0, 0.1) is 6.92 Å². The number of aryl methyl sites for hydroxylation is 1. The molecule has 0 fully saturated rings. The molecule has 0 spiro atoms. The van der Waals surface area contributed by atoms with Crippen molar-refractivity contribution in [2.45, 2.75) is 24.0 Å². The van der Waals surface area contributed by atoms with E-state index in [0.717, 1.165) is 10.6 Å². The second-order valence-electron chi connectivity index (χ2n) is 5.88.